The van der Waals surface area contributed by atoms with E-state index in [2.05, 4.69) is 44.5 Å². The highest BCUT2D eigenvalue weighted by Crippen LogP contribution is 2.23. The maximum atomic E-state index is 12.8. The number of nitrogens with one attached hydrogen (secondary N) is 1. The SMILES string of the molecule is Cc1cc(C(=O)N2CCCCC2)nc(Nc2ccc(N3CCCCC3)cc2)n1. The second-order valence-electron chi connectivity index (χ2n) is 7.79. The molecule has 1 aromatic heterocycles. The summed E-state index contributed by atoms with van der Waals surface area (Å²) in [7, 11) is 0. The zero-order valence-electron chi connectivity index (χ0n) is 16.7. The van der Waals surface area contributed by atoms with Gasteiger partial charge in [-0.15, -0.1) is 0 Å². The van der Waals surface area contributed by atoms with Crippen molar-refractivity contribution in [1.82, 2.24) is 14.9 Å². The third-order valence-electron chi connectivity index (χ3n) is 5.56. The number of rotatable bonds is 4. The molecule has 2 aromatic rings. The van der Waals surface area contributed by atoms with Crippen LogP contribution in [0.5, 0.6) is 0 Å². The molecule has 4 rings (SSSR count). The lowest BCUT2D eigenvalue weighted by Crippen LogP contribution is -2.36. The third kappa shape index (κ3) is 4.43. The van der Waals surface area contributed by atoms with Gasteiger partial charge in [-0.25, -0.2) is 9.97 Å². The molecule has 0 spiro atoms. The maximum absolute atomic E-state index is 12.8. The molecule has 0 saturated carbocycles. The quantitative estimate of drug-likeness (QED) is 0.865. The Hall–Kier alpha value is -2.63. The summed E-state index contributed by atoms with van der Waals surface area (Å²) in [5.41, 5.74) is 3.46. The van der Waals surface area contributed by atoms with Crippen LogP contribution in [0.15, 0.2) is 30.3 Å². The number of likely N-dealkylation sites (tertiary alicyclic amines) is 1. The molecule has 2 aliphatic heterocycles. The number of aryl methyl sites for hydroxylation is 1. The van der Waals surface area contributed by atoms with E-state index in [1.165, 1.54) is 31.4 Å². The normalized spacial score (nSPS) is 17.5. The Bertz CT molecular complexity index is 808. The largest absolute Gasteiger partial charge is 0.372 e. The Morgan fingerprint density at radius 2 is 1.54 bits per heavy atom. The summed E-state index contributed by atoms with van der Waals surface area (Å²) in [4.78, 5) is 26.1. The summed E-state index contributed by atoms with van der Waals surface area (Å²) in [5.74, 6) is 0.486. The van der Waals surface area contributed by atoms with Gasteiger partial charge >= 0.3 is 0 Å². The number of nitrogens with zero attached hydrogens (tertiary/aromatic N) is 4. The predicted octanol–water partition coefficient (Wildman–Crippen LogP) is 4.15. The van der Waals surface area contributed by atoms with Crippen molar-refractivity contribution in [2.45, 2.75) is 45.4 Å². The molecule has 0 aliphatic carbocycles. The van der Waals surface area contributed by atoms with E-state index in [0.717, 1.165) is 50.4 Å². The van der Waals surface area contributed by atoms with Gasteiger partial charge in [0.25, 0.3) is 5.91 Å². The van der Waals surface area contributed by atoms with Gasteiger partial charge in [0.2, 0.25) is 5.95 Å². The molecule has 0 radical (unpaired) electrons. The number of amides is 1. The monoisotopic (exact) mass is 379 g/mol. The molecule has 148 valence electrons. The Balaban J connectivity index is 1.46. The second-order valence-corrected chi connectivity index (χ2v) is 7.79. The van der Waals surface area contributed by atoms with Gasteiger partial charge in [0, 0.05) is 43.2 Å². The van der Waals surface area contributed by atoms with Crippen molar-refractivity contribution in [3.8, 4) is 0 Å². The highest BCUT2D eigenvalue weighted by Gasteiger charge is 2.20. The van der Waals surface area contributed by atoms with Gasteiger partial charge in [0.15, 0.2) is 0 Å². The fraction of sp³-hybridized carbons (Fsp3) is 0.500. The molecule has 1 amide bonds. The average molecular weight is 380 g/mol. The van der Waals surface area contributed by atoms with Gasteiger partial charge in [0.05, 0.1) is 0 Å². The van der Waals surface area contributed by atoms with Crippen LogP contribution in [-0.4, -0.2) is 47.0 Å². The summed E-state index contributed by atoms with van der Waals surface area (Å²) in [6.07, 6.45) is 7.22. The molecule has 0 unspecified atom stereocenters. The van der Waals surface area contributed by atoms with Crippen LogP contribution in [0.3, 0.4) is 0 Å². The first kappa shape index (κ1) is 18.7. The molecule has 0 atom stereocenters. The van der Waals surface area contributed by atoms with Crippen LogP contribution < -0.4 is 10.2 Å². The third-order valence-corrected chi connectivity index (χ3v) is 5.56. The predicted molar refractivity (Wildman–Crippen MR) is 112 cm³/mol. The number of hydrogen-bond donors (Lipinski definition) is 1. The van der Waals surface area contributed by atoms with E-state index >= 15 is 0 Å². The first-order valence-corrected chi connectivity index (χ1v) is 10.5. The van der Waals surface area contributed by atoms with Gasteiger partial charge in [-0.1, -0.05) is 0 Å². The van der Waals surface area contributed by atoms with Crippen molar-refractivity contribution in [3.63, 3.8) is 0 Å². The number of benzene rings is 1. The van der Waals surface area contributed by atoms with E-state index in [1.54, 1.807) is 6.07 Å². The molecular formula is C22H29N5O. The minimum Gasteiger partial charge on any atom is -0.372 e. The molecule has 2 aliphatic rings. The van der Waals surface area contributed by atoms with Crippen molar-refractivity contribution in [1.29, 1.82) is 0 Å². The lowest BCUT2D eigenvalue weighted by molar-refractivity contribution is 0.0718. The summed E-state index contributed by atoms with van der Waals surface area (Å²) >= 11 is 0. The van der Waals surface area contributed by atoms with Crippen LogP contribution in [0, 0.1) is 6.92 Å². The first-order chi connectivity index (χ1) is 13.7. The molecular weight excluding hydrogens is 350 g/mol. The molecule has 0 bridgehead atoms. The van der Waals surface area contributed by atoms with Crippen molar-refractivity contribution in [2.24, 2.45) is 0 Å². The smallest absolute Gasteiger partial charge is 0.272 e. The highest BCUT2D eigenvalue weighted by molar-refractivity contribution is 5.92. The minimum absolute atomic E-state index is 0.00805. The van der Waals surface area contributed by atoms with E-state index in [4.69, 9.17) is 0 Å². The molecule has 6 nitrogen and oxygen atoms in total. The van der Waals surface area contributed by atoms with Crippen molar-refractivity contribution < 1.29 is 4.79 Å². The van der Waals surface area contributed by atoms with Crippen LogP contribution in [0.2, 0.25) is 0 Å². The lowest BCUT2D eigenvalue weighted by Gasteiger charge is -2.28. The Labute approximate surface area is 167 Å². The molecule has 3 heterocycles. The van der Waals surface area contributed by atoms with E-state index < -0.39 is 0 Å². The standard InChI is InChI=1S/C22H29N5O/c1-17-16-20(21(28)27-14-6-3-7-15-27)25-22(23-17)24-18-8-10-19(11-9-18)26-12-4-2-5-13-26/h8-11,16H,2-7,12-15H2,1H3,(H,23,24,25). The first-order valence-electron chi connectivity index (χ1n) is 10.5. The maximum Gasteiger partial charge on any atom is 0.272 e. The van der Waals surface area contributed by atoms with Gasteiger partial charge in [0.1, 0.15) is 5.69 Å². The summed E-state index contributed by atoms with van der Waals surface area (Å²) in [6, 6.07) is 10.2. The number of hydrogen-bond acceptors (Lipinski definition) is 5. The molecule has 2 saturated heterocycles. The van der Waals surface area contributed by atoms with E-state index in [9.17, 15) is 4.79 Å². The number of anilines is 3. The number of aromatic nitrogens is 2. The van der Waals surface area contributed by atoms with Gasteiger partial charge < -0.3 is 15.1 Å². The van der Waals surface area contributed by atoms with Crippen LogP contribution in [0.25, 0.3) is 0 Å². The van der Waals surface area contributed by atoms with Crippen LogP contribution in [-0.2, 0) is 0 Å². The molecule has 1 N–H and O–H groups in total. The van der Waals surface area contributed by atoms with E-state index in [-0.39, 0.29) is 5.91 Å². The van der Waals surface area contributed by atoms with Crippen LogP contribution in [0.4, 0.5) is 17.3 Å². The molecule has 28 heavy (non-hydrogen) atoms. The van der Waals surface area contributed by atoms with Crippen LogP contribution >= 0.6 is 0 Å². The zero-order chi connectivity index (χ0) is 19.3. The fourth-order valence-electron chi connectivity index (χ4n) is 4.03. The number of piperidine rings is 2. The Kier molecular flexibility index (Phi) is 5.74. The van der Waals surface area contributed by atoms with E-state index in [0.29, 0.717) is 11.6 Å². The molecule has 6 heteroatoms. The van der Waals surface area contributed by atoms with Crippen molar-refractivity contribution in [2.75, 3.05) is 36.4 Å². The van der Waals surface area contributed by atoms with Gasteiger partial charge in [-0.2, -0.15) is 0 Å². The summed E-state index contributed by atoms with van der Waals surface area (Å²) < 4.78 is 0. The molecule has 1 aromatic carbocycles. The summed E-state index contributed by atoms with van der Waals surface area (Å²) in [6.45, 7) is 5.82. The number of carbonyl (C=O) groups excluding carboxylic acids is 1. The fourth-order valence-corrected chi connectivity index (χ4v) is 4.03. The molecule has 2 fully saturated rings. The van der Waals surface area contributed by atoms with Gasteiger partial charge in [-0.3, -0.25) is 4.79 Å². The topological polar surface area (TPSA) is 61.4 Å². The Morgan fingerprint density at radius 3 is 2.21 bits per heavy atom. The second kappa shape index (κ2) is 8.59. The van der Waals surface area contributed by atoms with E-state index in [1.807, 2.05) is 11.8 Å². The average Bonchev–Trinajstić information content (AvgIpc) is 2.74. The van der Waals surface area contributed by atoms with Crippen LogP contribution in [0.1, 0.15) is 54.7 Å². The van der Waals surface area contributed by atoms with Crippen molar-refractivity contribution >= 4 is 23.2 Å². The summed E-state index contributed by atoms with van der Waals surface area (Å²) in [5, 5.41) is 3.26. The zero-order valence-corrected chi connectivity index (χ0v) is 16.7. The Morgan fingerprint density at radius 1 is 0.893 bits per heavy atom. The highest BCUT2D eigenvalue weighted by atomic mass is 16.2. The lowest BCUT2D eigenvalue weighted by atomic mass is 10.1. The van der Waals surface area contributed by atoms with Crippen molar-refractivity contribution in [3.05, 3.63) is 41.7 Å². The van der Waals surface area contributed by atoms with Gasteiger partial charge in [-0.05, 0) is 75.8 Å². The number of carbonyl (C=O) groups is 1. The minimum atomic E-state index is 0.00805.